The van der Waals surface area contributed by atoms with Gasteiger partial charge in [0.2, 0.25) is 0 Å². The molecule has 0 saturated carbocycles. The first kappa shape index (κ1) is 32.8. The number of aromatic nitrogens is 1. The average Bonchev–Trinajstić information content (AvgIpc) is 3.58. The van der Waals surface area contributed by atoms with E-state index in [0.29, 0.717) is 77.1 Å². The number of amides is 1. The predicted molar refractivity (Wildman–Crippen MR) is 180 cm³/mol. The van der Waals surface area contributed by atoms with E-state index in [1.807, 2.05) is 39.0 Å². The fourth-order valence-electron chi connectivity index (χ4n) is 5.17. The van der Waals surface area contributed by atoms with Gasteiger partial charge in [0.25, 0.3) is 5.78 Å². The molecule has 2 heterocycles. The zero-order valence-electron chi connectivity index (χ0n) is 26.9. The summed E-state index contributed by atoms with van der Waals surface area (Å²) < 4.78 is 24.2. The molecule has 0 aliphatic carbocycles. The molecule has 5 rings (SSSR count). The fourth-order valence-corrected chi connectivity index (χ4v) is 6.19. The van der Waals surface area contributed by atoms with E-state index in [9.17, 15) is 14.7 Å². The number of rotatable bonds is 14. The van der Waals surface area contributed by atoms with Gasteiger partial charge in [-0.2, -0.15) is 0 Å². The zero-order valence-corrected chi connectivity index (χ0v) is 27.7. The van der Waals surface area contributed by atoms with Crippen LogP contribution in [0.15, 0.2) is 66.2 Å². The number of fused-ring (bicyclic) bond motifs is 1. The molecule has 0 spiro atoms. The summed E-state index contributed by atoms with van der Waals surface area (Å²) in [5, 5.41) is 12.0. The van der Waals surface area contributed by atoms with Crippen LogP contribution in [0.5, 0.6) is 23.0 Å². The largest absolute Gasteiger partial charge is 0.507 e. The Labute approximate surface area is 273 Å². The zero-order chi connectivity index (χ0) is 32.8. The van der Waals surface area contributed by atoms with E-state index in [1.54, 1.807) is 42.5 Å². The van der Waals surface area contributed by atoms with E-state index in [2.05, 4.69) is 13.8 Å². The molecule has 1 aliphatic rings. The average molecular weight is 645 g/mol. The molecule has 1 N–H and O–H groups in total. The van der Waals surface area contributed by atoms with Crippen molar-refractivity contribution in [1.29, 1.82) is 0 Å². The van der Waals surface area contributed by atoms with Gasteiger partial charge in [0.1, 0.15) is 17.3 Å². The van der Waals surface area contributed by atoms with Crippen LogP contribution >= 0.6 is 11.3 Å². The highest BCUT2D eigenvalue weighted by Gasteiger charge is 2.48. The van der Waals surface area contributed by atoms with Gasteiger partial charge in [-0.25, -0.2) is 4.98 Å². The van der Waals surface area contributed by atoms with Gasteiger partial charge in [0, 0.05) is 5.56 Å². The topological polar surface area (TPSA) is 107 Å². The monoisotopic (exact) mass is 644 g/mol. The van der Waals surface area contributed by atoms with E-state index in [1.165, 1.54) is 16.2 Å². The van der Waals surface area contributed by atoms with E-state index in [0.717, 1.165) is 17.5 Å². The Morgan fingerprint density at radius 2 is 1.61 bits per heavy atom. The Balaban J connectivity index is 1.63. The van der Waals surface area contributed by atoms with Crippen LogP contribution in [0.1, 0.15) is 64.6 Å². The Morgan fingerprint density at radius 3 is 2.30 bits per heavy atom. The second-order valence-electron chi connectivity index (χ2n) is 11.3. The number of thiazole rings is 1. The van der Waals surface area contributed by atoms with Crippen molar-refractivity contribution in [3.8, 4) is 23.0 Å². The van der Waals surface area contributed by atoms with Gasteiger partial charge >= 0.3 is 5.91 Å². The minimum atomic E-state index is -0.980. The first-order chi connectivity index (χ1) is 22.2. The van der Waals surface area contributed by atoms with Gasteiger partial charge < -0.3 is 24.1 Å². The molecule has 1 saturated heterocycles. The molecular formula is C36H40N2O7S. The Morgan fingerprint density at radius 1 is 0.870 bits per heavy atom. The third-order valence-electron chi connectivity index (χ3n) is 7.45. The summed E-state index contributed by atoms with van der Waals surface area (Å²) in [6, 6.07) is 16.7. The maximum atomic E-state index is 13.8. The van der Waals surface area contributed by atoms with Crippen LogP contribution in [0.25, 0.3) is 16.0 Å². The van der Waals surface area contributed by atoms with Crippen LogP contribution in [-0.2, 0) is 9.59 Å². The summed E-state index contributed by atoms with van der Waals surface area (Å²) in [7, 11) is 0. The maximum absolute atomic E-state index is 13.8. The summed E-state index contributed by atoms with van der Waals surface area (Å²) in [5.74, 6) is 0.970. The lowest BCUT2D eigenvalue weighted by molar-refractivity contribution is -0.132. The fraction of sp³-hybridized carbons (Fsp3) is 0.361. The lowest BCUT2D eigenvalue weighted by Gasteiger charge is -2.24. The summed E-state index contributed by atoms with van der Waals surface area (Å²) >= 11 is 1.27. The minimum Gasteiger partial charge on any atom is -0.507 e. The van der Waals surface area contributed by atoms with Gasteiger partial charge in [-0.15, -0.1) is 0 Å². The first-order valence-corrected chi connectivity index (χ1v) is 16.5. The first-order valence-electron chi connectivity index (χ1n) is 15.7. The van der Waals surface area contributed by atoms with Crippen molar-refractivity contribution >= 4 is 44.1 Å². The van der Waals surface area contributed by atoms with Gasteiger partial charge in [-0.05, 0) is 92.8 Å². The van der Waals surface area contributed by atoms with Crippen molar-refractivity contribution < 1.29 is 33.6 Å². The summed E-state index contributed by atoms with van der Waals surface area (Å²) in [6.07, 6.45) is 1.73. The molecule has 0 bridgehead atoms. The van der Waals surface area contributed by atoms with Crippen LogP contribution in [0.2, 0.25) is 0 Å². The van der Waals surface area contributed by atoms with Crippen molar-refractivity contribution in [2.24, 2.45) is 5.92 Å². The molecule has 1 amide bonds. The van der Waals surface area contributed by atoms with E-state index >= 15 is 0 Å². The highest BCUT2D eigenvalue weighted by molar-refractivity contribution is 7.22. The molecule has 1 aromatic heterocycles. The molecule has 4 aromatic rings. The van der Waals surface area contributed by atoms with E-state index in [4.69, 9.17) is 23.9 Å². The number of carbonyl (C=O) groups is 2. The highest BCUT2D eigenvalue weighted by Crippen LogP contribution is 2.46. The number of aliphatic hydroxyl groups is 1. The molecule has 3 aromatic carbocycles. The summed E-state index contributed by atoms with van der Waals surface area (Å²) in [5.41, 5.74) is 1.57. The number of nitrogens with zero attached hydrogens (tertiary/aromatic N) is 2. The quantitative estimate of drug-likeness (QED) is 0.0838. The van der Waals surface area contributed by atoms with Gasteiger partial charge in [0.15, 0.2) is 16.6 Å². The summed E-state index contributed by atoms with van der Waals surface area (Å²) in [6.45, 7) is 12.0. The number of benzene rings is 3. The van der Waals surface area contributed by atoms with Crippen LogP contribution in [-0.4, -0.2) is 48.2 Å². The molecule has 46 heavy (non-hydrogen) atoms. The molecule has 242 valence electrons. The number of anilines is 1. The van der Waals surface area contributed by atoms with Crippen molar-refractivity contribution in [3.05, 3.63) is 77.4 Å². The van der Waals surface area contributed by atoms with Gasteiger partial charge in [-0.3, -0.25) is 14.5 Å². The van der Waals surface area contributed by atoms with Gasteiger partial charge in [0.05, 0.1) is 48.3 Å². The van der Waals surface area contributed by atoms with Gasteiger partial charge in [-0.1, -0.05) is 38.2 Å². The lowest BCUT2D eigenvalue weighted by atomic mass is 9.95. The number of Topliss-reactive ketones (excluding diaryl/α,β-unsaturated/α-hetero) is 1. The minimum absolute atomic E-state index is 0.0441. The van der Waals surface area contributed by atoms with Crippen LogP contribution in [0, 0.1) is 5.92 Å². The number of ketones is 1. The van der Waals surface area contributed by atoms with Crippen LogP contribution in [0.3, 0.4) is 0 Å². The SMILES string of the molecule is CCCOc1ccc(/C(O)=C2\C(=O)C(=O)N(c3nc4ccc(OCC)cc4s3)C2c2ccc(OCCC(C)C)c(OCC)c2)cc1. The second kappa shape index (κ2) is 14.7. The third kappa shape index (κ3) is 6.97. The van der Waals surface area contributed by atoms with Crippen LogP contribution in [0.4, 0.5) is 5.13 Å². The molecule has 1 aliphatic heterocycles. The molecule has 1 unspecified atom stereocenters. The molecular weight excluding hydrogens is 604 g/mol. The predicted octanol–water partition coefficient (Wildman–Crippen LogP) is 7.93. The standard InChI is InChI=1S/C36H40N2O7S/c1-6-18-44-25-12-9-23(10-13-25)33(39)31-32(24-11-16-28(29(20-24)43-8-3)45-19-17-22(4)5)38(35(41)34(31)40)36-37-27-15-14-26(42-7-2)21-30(27)46-36/h9-16,20-22,32,39H,6-8,17-19H2,1-5H3/b33-31+. The number of carbonyl (C=O) groups excluding carboxylic acids is 2. The lowest BCUT2D eigenvalue weighted by Crippen LogP contribution is -2.29. The second-order valence-corrected chi connectivity index (χ2v) is 12.3. The molecule has 1 atom stereocenters. The Hall–Kier alpha value is -4.57. The van der Waals surface area contributed by atoms with Crippen LogP contribution < -0.4 is 23.8 Å². The molecule has 1 fully saturated rings. The van der Waals surface area contributed by atoms with Crippen molar-refractivity contribution in [3.63, 3.8) is 0 Å². The van der Waals surface area contributed by atoms with E-state index < -0.39 is 17.7 Å². The Bertz CT molecular complexity index is 1730. The van der Waals surface area contributed by atoms with E-state index in [-0.39, 0.29) is 11.3 Å². The summed E-state index contributed by atoms with van der Waals surface area (Å²) in [4.78, 5) is 33.7. The smallest absolute Gasteiger partial charge is 0.301 e. The maximum Gasteiger partial charge on any atom is 0.301 e. The number of ether oxygens (including phenoxy) is 4. The number of aliphatic hydroxyl groups excluding tert-OH is 1. The van der Waals surface area contributed by atoms with Crippen molar-refractivity contribution in [1.82, 2.24) is 4.98 Å². The number of hydrogen-bond acceptors (Lipinski definition) is 9. The normalized spacial score (nSPS) is 16.0. The van der Waals surface area contributed by atoms with Crippen molar-refractivity contribution in [2.45, 2.75) is 53.5 Å². The Kier molecular flexibility index (Phi) is 10.5. The van der Waals surface area contributed by atoms with Crippen molar-refractivity contribution in [2.75, 3.05) is 31.3 Å². The highest BCUT2D eigenvalue weighted by atomic mass is 32.1. The third-order valence-corrected chi connectivity index (χ3v) is 8.46. The number of hydrogen-bond donors (Lipinski definition) is 1. The molecule has 0 radical (unpaired) electrons. The molecule has 10 heteroatoms. The molecule has 9 nitrogen and oxygen atoms in total.